The summed E-state index contributed by atoms with van der Waals surface area (Å²) in [4.78, 5) is 33.1. The van der Waals surface area contributed by atoms with Crippen molar-refractivity contribution in [3.05, 3.63) is 86.4 Å². The minimum absolute atomic E-state index is 0.136. The molecule has 1 unspecified atom stereocenters. The summed E-state index contributed by atoms with van der Waals surface area (Å²) in [5, 5.41) is 6.39. The van der Waals surface area contributed by atoms with E-state index in [9.17, 15) is 9.59 Å². The summed E-state index contributed by atoms with van der Waals surface area (Å²) in [6.45, 7) is 5.02. The Labute approximate surface area is 176 Å². The van der Waals surface area contributed by atoms with Crippen LogP contribution >= 0.6 is 0 Å². The van der Waals surface area contributed by atoms with Gasteiger partial charge in [-0.25, -0.2) is 0 Å². The van der Waals surface area contributed by atoms with Crippen LogP contribution in [0.15, 0.2) is 64.4 Å². The second-order valence-corrected chi connectivity index (χ2v) is 7.76. The van der Waals surface area contributed by atoms with Crippen LogP contribution in [0.2, 0.25) is 0 Å². The number of nitrogens with zero attached hydrogens (tertiary/aromatic N) is 3. The molecular formula is C23H27N5O2. The number of pyridine rings is 1. The molecule has 0 bridgehead atoms. The van der Waals surface area contributed by atoms with Crippen molar-refractivity contribution in [2.24, 2.45) is 0 Å². The molecule has 2 aromatic carbocycles. The highest BCUT2D eigenvalue weighted by Gasteiger charge is 2.26. The molecule has 2 N–H and O–H groups in total. The normalized spacial score (nSPS) is 16.4. The lowest BCUT2D eigenvalue weighted by Gasteiger charge is -2.38. The van der Waals surface area contributed by atoms with Gasteiger partial charge in [0.1, 0.15) is 11.4 Å². The number of hydrogen-bond acceptors (Lipinski definition) is 7. The number of likely N-dealkylation sites (N-methyl/N-ethyl adjacent to an activating group) is 1. The third kappa shape index (κ3) is 4.42. The standard InChI is InChI=1S/C23H27N5O2/c1-27-11-13-28(14-12-27)19(18-5-3-2-4-6-18)16-26-21-20(22(29)23(21)30)25-15-17-7-9-24-10-8-17/h2-10,19,25-26H,11-16H2,1H3. The number of piperazine rings is 1. The van der Waals surface area contributed by atoms with Crippen LogP contribution in [0.3, 0.4) is 0 Å². The van der Waals surface area contributed by atoms with Gasteiger partial charge in [-0.15, -0.1) is 0 Å². The van der Waals surface area contributed by atoms with Gasteiger partial charge in [0.25, 0.3) is 10.9 Å². The number of nitrogens with one attached hydrogen (secondary N) is 2. The van der Waals surface area contributed by atoms with E-state index in [-0.39, 0.29) is 6.04 Å². The van der Waals surface area contributed by atoms with E-state index in [0.29, 0.717) is 24.5 Å². The minimum atomic E-state index is -0.456. The van der Waals surface area contributed by atoms with Crippen molar-refractivity contribution in [1.29, 1.82) is 0 Å². The van der Waals surface area contributed by atoms with Gasteiger partial charge in [0.05, 0.1) is 6.04 Å². The Balaban J connectivity index is 1.47. The Kier molecular flexibility index (Phi) is 6.21. The van der Waals surface area contributed by atoms with Gasteiger partial charge in [-0.1, -0.05) is 30.3 Å². The largest absolute Gasteiger partial charge is 0.378 e. The Bertz CT molecular complexity index is 1020. The molecule has 3 aromatic rings. The molecule has 1 aromatic heterocycles. The van der Waals surface area contributed by atoms with Crippen LogP contribution in [0.25, 0.3) is 0 Å². The van der Waals surface area contributed by atoms with Crippen molar-refractivity contribution in [1.82, 2.24) is 14.8 Å². The minimum Gasteiger partial charge on any atom is -0.378 e. The molecule has 1 fully saturated rings. The van der Waals surface area contributed by atoms with Gasteiger partial charge in [0.15, 0.2) is 0 Å². The van der Waals surface area contributed by atoms with Crippen LogP contribution in [0.1, 0.15) is 17.2 Å². The Hall–Kier alpha value is -3.03. The zero-order valence-corrected chi connectivity index (χ0v) is 17.2. The third-order valence-corrected chi connectivity index (χ3v) is 5.76. The molecule has 4 rings (SSSR count). The second-order valence-electron chi connectivity index (χ2n) is 7.76. The SMILES string of the molecule is CN1CCN(C(CNc2c(NCc3ccncc3)c(=O)c2=O)c2ccccc2)CC1. The predicted octanol–water partition coefficient (Wildman–Crippen LogP) is 1.69. The summed E-state index contributed by atoms with van der Waals surface area (Å²) in [6.07, 6.45) is 3.41. The van der Waals surface area contributed by atoms with Crippen LogP contribution in [0.5, 0.6) is 0 Å². The van der Waals surface area contributed by atoms with Crippen molar-refractivity contribution in [2.75, 3.05) is 50.4 Å². The van der Waals surface area contributed by atoms with E-state index in [1.807, 2.05) is 30.3 Å². The summed E-state index contributed by atoms with van der Waals surface area (Å²) in [6, 6.07) is 14.2. The first-order valence-corrected chi connectivity index (χ1v) is 10.3. The molecule has 1 aliphatic rings. The molecule has 1 atom stereocenters. The molecule has 0 saturated carbocycles. The zero-order chi connectivity index (χ0) is 20.9. The number of anilines is 2. The first-order chi connectivity index (χ1) is 14.6. The van der Waals surface area contributed by atoms with Gasteiger partial charge in [-0.3, -0.25) is 19.5 Å². The molecule has 30 heavy (non-hydrogen) atoms. The van der Waals surface area contributed by atoms with E-state index < -0.39 is 10.9 Å². The molecule has 0 radical (unpaired) electrons. The lowest BCUT2D eigenvalue weighted by atomic mass is 10.0. The van der Waals surface area contributed by atoms with E-state index in [4.69, 9.17) is 0 Å². The second kappa shape index (κ2) is 9.19. The van der Waals surface area contributed by atoms with Crippen LogP contribution in [-0.4, -0.2) is 54.6 Å². The summed E-state index contributed by atoms with van der Waals surface area (Å²) in [5.74, 6) is 0. The number of rotatable bonds is 8. The van der Waals surface area contributed by atoms with Gasteiger partial charge < -0.3 is 15.5 Å². The average Bonchev–Trinajstić information content (AvgIpc) is 2.80. The van der Waals surface area contributed by atoms with Crippen molar-refractivity contribution < 1.29 is 0 Å². The molecule has 2 heterocycles. The smallest absolute Gasteiger partial charge is 0.253 e. The molecule has 156 valence electrons. The van der Waals surface area contributed by atoms with Crippen molar-refractivity contribution in [2.45, 2.75) is 12.6 Å². The zero-order valence-electron chi connectivity index (χ0n) is 17.2. The topological polar surface area (TPSA) is 77.6 Å². The van der Waals surface area contributed by atoms with Crippen LogP contribution in [-0.2, 0) is 6.54 Å². The average molecular weight is 406 g/mol. The quantitative estimate of drug-likeness (QED) is 0.552. The highest BCUT2D eigenvalue weighted by Crippen LogP contribution is 2.24. The Morgan fingerprint density at radius 2 is 1.53 bits per heavy atom. The molecule has 0 spiro atoms. The molecule has 0 aliphatic carbocycles. The first-order valence-electron chi connectivity index (χ1n) is 10.3. The van der Waals surface area contributed by atoms with Crippen LogP contribution < -0.4 is 21.5 Å². The Morgan fingerprint density at radius 1 is 0.900 bits per heavy atom. The molecule has 1 aliphatic heterocycles. The molecule has 7 heteroatoms. The van der Waals surface area contributed by atoms with Crippen LogP contribution in [0.4, 0.5) is 11.4 Å². The fourth-order valence-electron chi connectivity index (χ4n) is 3.89. The maximum atomic E-state index is 12.2. The monoisotopic (exact) mass is 405 g/mol. The van der Waals surface area contributed by atoms with E-state index in [2.05, 4.69) is 44.6 Å². The number of aromatic nitrogens is 1. The van der Waals surface area contributed by atoms with E-state index in [1.165, 1.54) is 5.56 Å². The number of hydrogen-bond donors (Lipinski definition) is 2. The lowest BCUT2D eigenvalue weighted by molar-refractivity contribution is 0.116. The fourth-order valence-corrected chi connectivity index (χ4v) is 3.89. The highest BCUT2D eigenvalue weighted by atomic mass is 16.2. The van der Waals surface area contributed by atoms with Crippen molar-refractivity contribution in [3.63, 3.8) is 0 Å². The van der Waals surface area contributed by atoms with E-state index in [1.54, 1.807) is 12.4 Å². The van der Waals surface area contributed by atoms with Crippen molar-refractivity contribution >= 4 is 11.4 Å². The highest BCUT2D eigenvalue weighted by molar-refractivity contribution is 5.74. The maximum absolute atomic E-state index is 12.2. The van der Waals surface area contributed by atoms with Gasteiger partial charge in [0.2, 0.25) is 0 Å². The predicted molar refractivity (Wildman–Crippen MR) is 120 cm³/mol. The van der Waals surface area contributed by atoms with Gasteiger partial charge in [-0.2, -0.15) is 0 Å². The lowest BCUT2D eigenvalue weighted by Crippen LogP contribution is -2.48. The maximum Gasteiger partial charge on any atom is 0.253 e. The summed E-state index contributed by atoms with van der Waals surface area (Å²) in [7, 11) is 2.14. The van der Waals surface area contributed by atoms with Crippen LogP contribution in [0, 0.1) is 0 Å². The molecule has 7 nitrogen and oxygen atoms in total. The Morgan fingerprint density at radius 3 is 2.20 bits per heavy atom. The third-order valence-electron chi connectivity index (χ3n) is 5.76. The van der Waals surface area contributed by atoms with Gasteiger partial charge in [0, 0.05) is 51.7 Å². The van der Waals surface area contributed by atoms with E-state index >= 15 is 0 Å². The van der Waals surface area contributed by atoms with E-state index in [0.717, 1.165) is 31.7 Å². The summed E-state index contributed by atoms with van der Waals surface area (Å²) >= 11 is 0. The van der Waals surface area contributed by atoms with Crippen molar-refractivity contribution in [3.8, 4) is 0 Å². The number of benzene rings is 1. The fraction of sp³-hybridized carbons (Fsp3) is 0.348. The van der Waals surface area contributed by atoms with Gasteiger partial charge >= 0.3 is 0 Å². The van der Waals surface area contributed by atoms with Gasteiger partial charge in [-0.05, 0) is 30.3 Å². The first kappa shape index (κ1) is 20.3. The molecule has 0 amide bonds. The molecular weight excluding hydrogens is 378 g/mol. The summed E-state index contributed by atoms with van der Waals surface area (Å²) in [5.41, 5.74) is 2.08. The summed E-state index contributed by atoms with van der Waals surface area (Å²) < 4.78 is 0. The molecule has 1 saturated heterocycles.